The number of H-pyrrole nitrogens is 1. The van der Waals surface area contributed by atoms with Gasteiger partial charge in [-0.05, 0) is 12.8 Å². The van der Waals surface area contributed by atoms with Crippen molar-refractivity contribution in [1.82, 2.24) is 9.71 Å². The third-order valence-electron chi connectivity index (χ3n) is 1.80. The van der Waals surface area contributed by atoms with Gasteiger partial charge in [0.1, 0.15) is 6.61 Å². The first-order chi connectivity index (χ1) is 6.69. The van der Waals surface area contributed by atoms with Crippen LogP contribution in [-0.2, 0) is 6.42 Å². The summed E-state index contributed by atoms with van der Waals surface area (Å²) in [7, 11) is 0. The summed E-state index contributed by atoms with van der Waals surface area (Å²) in [5.41, 5.74) is -0.324. The molecule has 0 spiro atoms. The van der Waals surface area contributed by atoms with Gasteiger partial charge in [0.25, 0.3) is 5.56 Å². The van der Waals surface area contributed by atoms with Gasteiger partial charge in [-0.15, -0.1) is 4.73 Å². The second kappa shape index (κ2) is 4.64. The zero-order valence-corrected chi connectivity index (χ0v) is 8.37. The third kappa shape index (κ3) is 2.25. The Morgan fingerprint density at radius 3 is 2.71 bits per heavy atom. The van der Waals surface area contributed by atoms with Gasteiger partial charge in [-0.2, -0.15) is 0 Å². The van der Waals surface area contributed by atoms with Gasteiger partial charge >= 0.3 is 5.69 Å². The molecule has 1 aromatic rings. The highest BCUT2D eigenvalue weighted by Crippen LogP contribution is 1.87. The number of aromatic nitrogens is 2. The quantitative estimate of drug-likeness (QED) is 0.737. The van der Waals surface area contributed by atoms with Crippen molar-refractivity contribution in [3.63, 3.8) is 0 Å². The average Bonchev–Trinajstić information content (AvgIpc) is 2.17. The lowest BCUT2D eigenvalue weighted by molar-refractivity contribution is 0.0979. The molecule has 0 atom stereocenters. The van der Waals surface area contributed by atoms with Crippen molar-refractivity contribution >= 4 is 0 Å². The van der Waals surface area contributed by atoms with Crippen LogP contribution >= 0.6 is 0 Å². The van der Waals surface area contributed by atoms with Crippen LogP contribution in [-0.4, -0.2) is 16.3 Å². The maximum atomic E-state index is 11.2. The summed E-state index contributed by atoms with van der Waals surface area (Å²) < 4.78 is 1.07. The van der Waals surface area contributed by atoms with Gasteiger partial charge in [0.15, 0.2) is 0 Å². The van der Waals surface area contributed by atoms with Crippen LogP contribution in [0.5, 0.6) is 0 Å². The predicted molar refractivity (Wildman–Crippen MR) is 52.4 cm³/mol. The van der Waals surface area contributed by atoms with E-state index in [2.05, 4.69) is 4.98 Å². The smallest absolute Gasteiger partial charge is 0.361 e. The number of aromatic amines is 1. The highest BCUT2D eigenvalue weighted by molar-refractivity contribution is 5.02. The zero-order chi connectivity index (χ0) is 10.6. The molecule has 1 aromatic heterocycles. The fourth-order valence-electron chi connectivity index (χ4n) is 1.03. The monoisotopic (exact) mass is 198 g/mol. The first kappa shape index (κ1) is 10.6. The van der Waals surface area contributed by atoms with Gasteiger partial charge in [-0.1, -0.05) is 13.8 Å². The van der Waals surface area contributed by atoms with Crippen LogP contribution in [0.4, 0.5) is 0 Å². The maximum absolute atomic E-state index is 11.2. The molecule has 0 aliphatic carbocycles. The van der Waals surface area contributed by atoms with E-state index in [0.717, 1.165) is 11.2 Å². The number of nitrogens with one attached hydrogen (secondary N) is 1. The molecule has 5 heteroatoms. The molecule has 1 N–H and O–H groups in total. The van der Waals surface area contributed by atoms with Crippen LogP contribution in [0.2, 0.25) is 0 Å². The van der Waals surface area contributed by atoms with E-state index in [0.29, 0.717) is 18.6 Å². The predicted octanol–water partition coefficient (Wildman–Crippen LogP) is -0.0624. The Hall–Kier alpha value is -1.52. The first-order valence-electron chi connectivity index (χ1n) is 4.67. The van der Waals surface area contributed by atoms with Crippen LogP contribution in [0, 0.1) is 0 Å². The Morgan fingerprint density at radius 2 is 2.14 bits per heavy atom. The number of hydrogen-bond acceptors (Lipinski definition) is 3. The van der Waals surface area contributed by atoms with E-state index < -0.39 is 5.69 Å². The average molecular weight is 198 g/mol. The van der Waals surface area contributed by atoms with Gasteiger partial charge in [0.05, 0.1) is 6.20 Å². The summed E-state index contributed by atoms with van der Waals surface area (Å²) >= 11 is 0. The number of hydrogen-bond donors (Lipinski definition) is 1. The van der Waals surface area contributed by atoms with Crippen molar-refractivity contribution < 1.29 is 4.84 Å². The van der Waals surface area contributed by atoms with Crippen LogP contribution in [0.3, 0.4) is 0 Å². The minimum atomic E-state index is -0.527. The molecule has 0 aromatic carbocycles. The van der Waals surface area contributed by atoms with Crippen LogP contribution in [0.15, 0.2) is 15.8 Å². The van der Waals surface area contributed by atoms with E-state index in [-0.39, 0.29) is 5.56 Å². The standard InChI is InChI=1S/C9H14N2O3/c1-3-5-14-11-6-7(4-2)8(12)10-9(11)13/h6H,3-5H2,1-2H3,(H,10,12,13). The molecule has 0 fully saturated rings. The molecule has 0 saturated heterocycles. The van der Waals surface area contributed by atoms with Crippen molar-refractivity contribution in [3.8, 4) is 0 Å². The molecule has 0 saturated carbocycles. The van der Waals surface area contributed by atoms with E-state index in [9.17, 15) is 9.59 Å². The van der Waals surface area contributed by atoms with Gasteiger partial charge in [-0.25, -0.2) is 4.79 Å². The topological polar surface area (TPSA) is 64.1 Å². The van der Waals surface area contributed by atoms with E-state index in [1.54, 1.807) is 0 Å². The minimum absolute atomic E-state index is 0.339. The Kier molecular flexibility index (Phi) is 3.50. The third-order valence-corrected chi connectivity index (χ3v) is 1.80. The highest BCUT2D eigenvalue weighted by Gasteiger charge is 2.02. The van der Waals surface area contributed by atoms with Crippen molar-refractivity contribution in [2.24, 2.45) is 0 Å². The largest absolute Gasteiger partial charge is 0.410 e. The SMILES string of the molecule is CCCOn1cc(CC)c(=O)[nH]c1=O. The molecular formula is C9H14N2O3. The van der Waals surface area contributed by atoms with Crippen molar-refractivity contribution in [1.29, 1.82) is 0 Å². The summed E-state index contributed by atoms with van der Waals surface area (Å²) in [5.74, 6) is 0. The number of rotatable bonds is 4. The molecule has 1 heterocycles. The Labute approximate surface area is 81.3 Å². The fraction of sp³-hybridized carbons (Fsp3) is 0.556. The van der Waals surface area contributed by atoms with Crippen molar-refractivity contribution in [2.45, 2.75) is 26.7 Å². The van der Waals surface area contributed by atoms with Crippen molar-refractivity contribution in [3.05, 3.63) is 32.6 Å². The molecule has 1 rings (SSSR count). The van der Waals surface area contributed by atoms with Gasteiger partial charge in [0, 0.05) is 5.56 Å². The van der Waals surface area contributed by atoms with E-state index >= 15 is 0 Å². The second-order valence-electron chi connectivity index (χ2n) is 2.93. The minimum Gasteiger partial charge on any atom is -0.410 e. The molecule has 5 nitrogen and oxygen atoms in total. The fourth-order valence-corrected chi connectivity index (χ4v) is 1.03. The Bertz CT molecular complexity index is 405. The lowest BCUT2D eigenvalue weighted by Gasteiger charge is -2.06. The Morgan fingerprint density at radius 1 is 1.43 bits per heavy atom. The summed E-state index contributed by atoms with van der Waals surface area (Å²) in [6.45, 7) is 4.24. The van der Waals surface area contributed by atoms with Gasteiger partial charge in [0.2, 0.25) is 0 Å². The van der Waals surface area contributed by atoms with E-state index in [1.807, 2.05) is 13.8 Å². The lowest BCUT2D eigenvalue weighted by atomic mass is 10.3. The van der Waals surface area contributed by atoms with Crippen LogP contribution in [0.1, 0.15) is 25.8 Å². The molecule has 0 bridgehead atoms. The lowest BCUT2D eigenvalue weighted by Crippen LogP contribution is -2.35. The second-order valence-corrected chi connectivity index (χ2v) is 2.93. The van der Waals surface area contributed by atoms with Crippen LogP contribution in [0.25, 0.3) is 0 Å². The van der Waals surface area contributed by atoms with Crippen LogP contribution < -0.4 is 16.1 Å². The molecule has 0 amide bonds. The van der Waals surface area contributed by atoms with Crippen molar-refractivity contribution in [2.75, 3.05) is 6.61 Å². The first-order valence-corrected chi connectivity index (χ1v) is 4.67. The van der Waals surface area contributed by atoms with E-state index in [4.69, 9.17) is 4.84 Å². The van der Waals surface area contributed by atoms with Gasteiger partial charge < -0.3 is 4.84 Å². The molecule has 14 heavy (non-hydrogen) atoms. The maximum Gasteiger partial charge on any atom is 0.361 e. The summed E-state index contributed by atoms with van der Waals surface area (Å²) in [5, 5.41) is 0. The normalized spacial score (nSPS) is 10.1. The van der Waals surface area contributed by atoms with Gasteiger partial charge in [-0.3, -0.25) is 9.78 Å². The molecule has 0 aliphatic heterocycles. The molecule has 0 radical (unpaired) electrons. The highest BCUT2D eigenvalue weighted by atomic mass is 16.7. The molecule has 0 unspecified atom stereocenters. The summed E-state index contributed by atoms with van der Waals surface area (Å²) in [6, 6.07) is 0. The summed E-state index contributed by atoms with van der Waals surface area (Å²) in [4.78, 5) is 29.7. The number of aryl methyl sites for hydroxylation is 1. The molecular weight excluding hydrogens is 184 g/mol. The zero-order valence-electron chi connectivity index (χ0n) is 8.37. The number of nitrogens with zero attached hydrogens (tertiary/aromatic N) is 1. The van der Waals surface area contributed by atoms with E-state index in [1.165, 1.54) is 6.20 Å². The molecule has 0 aliphatic rings. The summed E-state index contributed by atoms with van der Waals surface area (Å²) in [6.07, 6.45) is 2.83. The molecule has 78 valence electrons. The Balaban J connectivity index is 3.05.